The second kappa shape index (κ2) is 3.07. The number of nitrogens with zero attached hydrogens (tertiary/aromatic N) is 2. The average Bonchev–Trinajstić information content (AvgIpc) is 2.44. The monoisotopic (exact) mass is 229 g/mol. The highest BCUT2D eigenvalue weighted by Crippen LogP contribution is 2.31. The lowest BCUT2D eigenvalue weighted by Gasteiger charge is -1.91. The van der Waals surface area contributed by atoms with Gasteiger partial charge in [-0.2, -0.15) is 0 Å². The molecule has 2 aromatic rings. The Morgan fingerprint density at radius 3 is 3.00 bits per heavy atom. The Balaban J connectivity index is 2.80. The van der Waals surface area contributed by atoms with Gasteiger partial charge in [0.25, 0.3) is 0 Å². The first-order valence-corrected chi connectivity index (χ1v) is 4.73. The third-order valence-corrected chi connectivity index (χ3v) is 2.88. The molecule has 0 radical (unpaired) electrons. The highest BCUT2D eigenvalue weighted by atomic mass is 35.5. The van der Waals surface area contributed by atoms with E-state index in [1.54, 1.807) is 0 Å². The molecule has 3 N–H and O–H groups in total. The van der Waals surface area contributed by atoms with Crippen LogP contribution in [0.5, 0.6) is 0 Å². The molecule has 14 heavy (non-hydrogen) atoms. The van der Waals surface area contributed by atoms with Crippen molar-refractivity contribution in [2.24, 2.45) is 0 Å². The molecule has 7 heteroatoms. The third kappa shape index (κ3) is 1.28. The summed E-state index contributed by atoms with van der Waals surface area (Å²) in [5.74, 6) is -1.08. The Kier molecular flexibility index (Phi) is 2.01. The van der Waals surface area contributed by atoms with Crippen molar-refractivity contribution < 1.29 is 9.90 Å². The maximum Gasteiger partial charge on any atom is 0.348 e. The Morgan fingerprint density at radius 2 is 2.36 bits per heavy atom. The molecule has 0 aliphatic carbocycles. The number of hydrogen-bond donors (Lipinski definition) is 2. The number of nitrogen functional groups attached to an aromatic ring is 1. The minimum atomic E-state index is -1.08. The van der Waals surface area contributed by atoms with E-state index in [-0.39, 0.29) is 15.7 Å². The highest BCUT2D eigenvalue weighted by Gasteiger charge is 2.17. The van der Waals surface area contributed by atoms with Gasteiger partial charge in [-0.05, 0) is 0 Å². The van der Waals surface area contributed by atoms with Crippen LogP contribution in [0.2, 0.25) is 5.15 Å². The van der Waals surface area contributed by atoms with Crippen molar-refractivity contribution in [1.29, 1.82) is 0 Å². The molecule has 5 nitrogen and oxygen atoms in total. The smallest absolute Gasteiger partial charge is 0.348 e. The maximum absolute atomic E-state index is 10.7. The first-order chi connectivity index (χ1) is 6.59. The molecule has 0 unspecified atom stereocenters. The van der Waals surface area contributed by atoms with E-state index < -0.39 is 5.97 Å². The molecule has 0 aromatic carbocycles. The summed E-state index contributed by atoms with van der Waals surface area (Å²) < 4.78 is 0. The molecule has 2 heterocycles. The van der Waals surface area contributed by atoms with Crippen molar-refractivity contribution in [2.75, 3.05) is 5.73 Å². The normalized spacial score (nSPS) is 10.6. The van der Waals surface area contributed by atoms with Crippen LogP contribution < -0.4 is 5.73 Å². The molecule has 2 rings (SSSR count). The van der Waals surface area contributed by atoms with Crippen molar-refractivity contribution in [1.82, 2.24) is 9.97 Å². The minimum absolute atomic E-state index is 0.0438. The van der Waals surface area contributed by atoms with Crippen LogP contribution in [-0.4, -0.2) is 21.0 Å². The molecular weight excluding hydrogens is 226 g/mol. The number of carbonyl (C=O) groups is 1. The van der Waals surface area contributed by atoms with Crippen LogP contribution in [0.25, 0.3) is 10.3 Å². The molecule has 0 bridgehead atoms. The zero-order chi connectivity index (χ0) is 10.3. The summed E-state index contributed by atoms with van der Waals surface area (Å²) in [4.78, 5) is 19.1. The number of aromatic nitrogens is 2. The molecule has 2 aromatic heterocycles. The van der Waals surface area contributed by atoms with Crippen molar-refractivity contribution in [3.63, 3.8) is 0 Å². The first-order valence-electron chi connectivity index (χ1n) is 3.53. The number of aromatic carboxylic acids is 1. The molecular formula is C7H4ClN3O2S. The highest BCUT2D eigenvalue weighted by molar-refractivity contribution is 7.21. The van der Waals surface area contributed by atoms with E-state index in [1.165, 1.54) is 6.20 Å². The van der Waals surface area contributed by atoms with Gasteiger partial charge in [0.15, 0.2) is 0 Å². The number of nitrogens with two attached hydrogens (primary N) is 1. The van der Waals surface area contributed by atoms with Gasteiger partial charge >= 0.3 is 5.97 Å². The van der Waals surface area contributed by atoms with Crippen LogP contribution in [-0.2, 0) is 0 Å². The van der Waals surface area contributed by atoms with Crippen molar-refractivity contribution in [3.05, 3.63) is 16.2 Å². The number of hydrogen-bond acceptors (Lipinski definition) is 5. The van der Waals surface area contributed by atoms with E-state index in [4.69, 9.17) is 22.4 Å². The Bertz CT molecular complexity index is 525. The lowest BCUT2D eigenvalue weighted by Crippen LogP contribution is -1.97. The van der Waals surface area contributed by atoms with Crippen LogP contribution in [0, 0.1) is 0 Å². The molecule has 0 aliphatic heterocycles. The van der Waals surface area contributed by atoms with Gasteiger partial charge in [0.2, 0.25) is 0 Å². The largest absolute Gasteiger partial charge is 0.477 e. The Hall–Kier alpha value is -1.40. The van der Waals surface area contributed by atoms with Gasteiger partial charge in [0.05, 0.1) is 11.9 Å². The summed E-state index contributed by atoms with van der Waals surface area (Å²) in [6.45, 7) is 0. The van der Waals surface area contributed by atoms with Crippen molar-refractivity contribution in [2.45, 2.75) is 0 Å². The zero-order valence-electron chi connectivity index (χ0n) is 6.69. The molecule has 0 fully saturated rings. The standard InChI is InChI=1S/C7H4ClN3O2S/c8-2-1-10-6-4(11-2)3(9)5(14-6)7(12)13/h1H,9H2,(H,12,13). The van der Waals surface area contributed by atoms with E-state index in [0.29, 0.717) is 10.3 Å². The van der Waals surface area contributed by atoms with Gasteiger partial charge in [0.1, 0.15) is 20.4 Å². The van der Waals surface area contributed by atoms with Crippen molar-refractivity contribution in [3.8, 4) is 0 Å². The second-order valence-electron chi connectivity index (χ2n) is 2.50. The van der Waals surface area contributed by atoms with E-state index >= 15 is 0 Å². The van der Waals surface area contributed by atoms with Crippen LogP contribution >= 0.6 is 22.9 Å². The zero-order valence-corrected chi connectivity index (χ0v) is 8.26. The topological polar surface area (TPSA) is 89.1 Å². The first kappa shape index (κ1) is 9.17. The second-order valence-corrected chi connectivity index (χ2v) is 3.88. The number of carboxylic acids is 1. The number of rotatable bonds is 1. The Morgan fingerprint density at radius 1 is 1.64 bits per heavy atom. The van der Waals surface area contributed by atoms with Gasteiger partial charge in [0, 0.05) is 0 Å². The number of carboxylic acid groups (broad SMARTS) is 1. The summed E-state index contributed by atoms with van der Waals surface area (Å²) in [5, 5.41) is 8.97. The van der Waals surface area contributed by atoms with Gasteiger partial charge < -0.3 is 10.8 Å². The number of thiophene rings is 1. The van der Waals surface area contributed by atoms with Crippen LogP contribution in [0.3, 0.4) is 0 Å². The fourth-order valence-electron chi connectivity index (χ4n) is 1.02. The maximum atomic E-state index is 10.7. The number of halogens is 1. The Labute approximate surface area is 87.2 Å². The predicted molar refractivity (Wildman–Crippen MR) is 53.8 cm³/mol. The predicted octanol–water partition coefficient (Wildman–Crippen LogP) is 1.63. The van der Waals surface area contributed by atoms with Gasteiger partial charge in [-0.25, -0.2) is 14.8 Å². The summed E-state index contributed by atoms with van der Waals surface area (Å²) >= 11 is 6.59. The summed E-state index contributed by atoms with van der Waals surface area (Å²) in [6.07, 6.45) is 1.35. The molecule has 0 atom stereocenters. The SMILES string of the molecule is Nc1c(C(=O)O)sc2ncc(Cl)nc12. The van der Waals surface area contributed by atoms with Gasteiger partial charge in [-0.1, -0.05) is 11.6 Å². The fraction of sp³-hybridized carbons (Fsp3) is 0. The minimum Gasteiger partial charge on any atom is -0.477 e. The molecule has 0 saturated carbocycles. The van der Waals surface area contributed by atoms with E-state index in [2.05, 4.69) is 9.97 Å². The van der Waals surface area contributed by atoms with Crippen LogP contribution in [0.15, 0.2) is 6.20 Å². The van der Waals surface area contributed by atoms with E-state index in [0.717, 1.165) is 11.3 Å². The quantitative estimate of drug-likeness (QED) is 0.776. The summed E-state index contributed by atoms with van der Waals surface area (Å²) in [7, 11) is 0. The van der Waals surface area contributed by atoms with E-state index in [9.17, 15) is 4.79 Å². The van der Waals surface area contributed by atoms with Gasteiger partial charge in [-0.3, -0.25) is 0 Å². The summed E-state index contributed by atoms with van der Waals surface area (Å²) in [6, 6.07) is 0. The molecule has 0 saturated heterocycles. The molecule has 72 valence electrons. The van der Waals surface area contributed by atoms with E-state index in [1.807, 2.05) is 0 Å². The van der Waals surface area contributed by atoms with Gasteiger partial charge in [-0.15, -0.1) is 11.3 Å². The average molecular weight is 230 g/mol. The number of anilines is 1. The van der Waals surface area contributed by atoms with Crippen molar-refractivity contribution >= 4 is 44.9 Å². The lowest BCUT2D eigenvalue weighted by molar-refractivity contribution is 0.0703. The third-order valence-electron chi connectivity index (χ3n) is 1.60. The summed E-state index contributed by atoms with van der Waals surface area (Å²) in [5.41, 5.74) is 6.04. The van der Waals surface area contributed by atoms with Crippen LogP contribution in [0.4, 0.5) is 5.69 Å². The van der Waals surface area contributed by atoms with Crippen LogP contribution in [0.1, 0.15) is 9.67 Å². The lowest BCUT2D eigenvalue weighted by atomic mass is 10.3. The fourth-order valence-corrected chi connectivity index (χ4v) is 2.00. The molecule has 0 amide bonds. The molecule has 0 aliphatic rings. The molecule has 0 spiro atoms. The number of fused-ring (bicyclic) bond motifs is 1.